The number of H-pyrrole nitrogens is 1. The largest absolute Gasteiger partial charge is 0.382 e. The van der Waals surface area contributed by atoms with Crippen LogP contribution >= 0.6 is 11.9 Å². The number of aromatic nitrogens is 1. The Bertz CT molecular complexity index is 412. The second-order valence-electron chi connectivity index (χ2n) is 2.42. The van der Waals surface area contributed by atoms with E-state index >= 15 is 0 Å². The molecule has 0 saturated heterocycles. The van der Waals surface area contributed by atoms with E-state index in [1.54, 1.807) is 12.3 Å². The molecule has 0 unspecified atom stereocenters. The van der Waals surface area contributed by atoms with E-state index in [1.807, 2.05) is 0 Å². The molecule has 2 nitrogen and oxygen atoms in total. The Kier molecular flexibility index (Phi) is 1.66. The predicted octanol–water partition coefficient (Wildman–Crippen LogP) is 2.84. The van der Waals surface area contributed by atoms with Crippen molar-refractivity contribution in [3.63, 3.8) is 0 Å². The Balaban J connectivity index is 2.73. The molecule has 1 aromatic heterocycles. The van der Waals surface area contributed by atoms with Gasteiger partial charge in [0.15, 0.2) is 11.6 Å². The summed E-state index contributed by atoms with van der Waals surface area (Å²) in [5.74, 6) is -0.427. The molecule has 1 N–H and O–H groups in total. The standard InChI is InChI=1S/C8H5ClFNO/c9-12-8-4-7-5(1-2-11-7)3-6(8)10/h1-4,11H. The fraction of sp³-hybridized carbons (Fsp3) is 0. The van der Waals surface area contributed by atoms with Gasteiger partial charge in [0.25, 0.3) is 0 Å². The van der Waals surface area contributed by atoms with Gasteiger partial charge in [0.1, 0.15) is 11.9 Å². The molecule has 2 rings (SSSR count). The average Bonchev–Trinajstić information content (AvgIpc) is 2.49. The zero-order valence-corrected chi connectivity index (χ0v) is 6.73. The van der Waals surface area contributed by atoms with Gasteiger partial charge in [-0.1, -0.05) is 0 Å². The van der Waals surface area contributed by atoms with Gasteiger partial charge in [0.2, 0.25) is 0 Å². The summed E-state index contributed by atoms with van der Waals surface area (Å²) in [6.07, 6.45) is 1.72. The number of rotatable bonds is 1. The van der Waals surface area contributed by atoms with Crippen LogP contribution < -0.4 is 4.29 Å². The first kappa shape index (κ1) is 7.43. The summed E-state index contributed by atoms with van der Waals surface area (Å²) < 4.78 is 17.3. The van der Waals surface area contributed by atoms with Gasteiger partial charge in [-0.3, -0.25) is 0 Å². The molecule has 0 saturated carbocycles. The van der Waals surface area contributed by atoms with E-state index in [-0.39, 0.29) is 5.75 Å². The second-order valence-corrected chi connectivity index (χ2v) is 2.58. The maximum atomic E-state index is 13.0. The molecule has 0 fully saturated rings. The number of hydrogen-bond acceptors (Lipinski definition) is 1. The highest BCUT2D eigenvalue weighted by Gasteiger charge is 2.05. The van der Waals surface area contributed by atoms with E-state index in [2.05, 4.69) is 9.27 Å². The maximum absolute atomic E-state index is 13.0. The van der Waals surface area contributed by atoms with Crippen molar-refractivity contribution in [3.8, 4) is 5.75 Å². The van der Waals surface area contributed by atoms with Crippen LogP contribution in [0.15, 0.2) is 24.4 Å². The SMILES string of the molecule is Fc1cc2cc[nH]c2cc1OCl. The molecule has 0 aliphatic rings. The molecule has 1 aromatic carbocycles. The topological polar surface area (TPSA) is 25.0 Å². The maximum Gasteiger partial charge on any atom is 0.184 e. The van der Waals surface area contributed by atoms with Crippen LogP contribution in [0.4, 0.5) is 4.39 Å². The van der Waals surface area contributed by atoms with Crippen molar-refractivity contribution in [1.82, 2.24) is 4.98 Å². The average molecular weight is 186 g/mol. The number of fused-ring (bicyclic) bond motifs is 1. The first-order valence-corrected chi connectivity index (χ1v) is 3.67. The van der Waals surface area contributed by atoms with Crippen LogP contribution in [-0.2, 0) is 0 Å². The van der Waals surface area contributed by atoms with E-state index in [9.17, 15) is 4.39 Å². The van der Waals surface area contributed by atoms with Crippen molar-refractivity contribution < 1.29 is 8.68 Å². The fourth-order valence-electron chi connectivity index (χ4n) is 1.11. The van der Waals surface area contributed by atoms with Crippen molar-refractivity contribution in [2.45, 2.75) is 0 Å². The van der Waals surface area contributed by atoms with E-state index in [4.69, 9.17) is 11.9 Å². The highest BCUT2D eigenvalue weighted by atomic mass is 35.5. The second kappa shape index (κ2) is 2.68. The van der Waals surface area contributed by atoms with Gasteiger partial charge in [-0.2, -0.15) is 0 Å². The Morgan fingerprint density at radius 2 is 2.25 bits per heavy atom. The third-order valence-electron chi connectivity index (χ3n) is 1.69. The molecule has 4 heteroatoms. The first-order chi connectivity index (χ1) is 5.81. The summed E-state index contributed by atoms with van der Waals surface area (Å²) in [5.41, 5.74) is 0.798. The van der Waals surface area contributed by atoms with Crippen LogP contribution in [0.25, 0.3) is 10.9 Å². The van der Waals surface area contributed by atoms with Crippen molar-refractivity contribution in [2.24, 2.45) is 0 Å². The lowest BCUT2D eigenvalue weighted by Crippen LogP contribution is -1.81. The van der Waals surface area contributed by atoms with Crippen LogP contribution in [0.2, 0.25) is 0 Å². The quantitative estimate of drug-likeness (QED) is 0.726. The molecule has 2 aromatic rings. The summed E-state index contributed by atoms with van der Waals surface area (Å²) in [5, 5.41) is 0.796. The minimum Gasteiger partial charge on any atom is -0.382 e. The first-order valence-electron chi connectivity index (χ1n) is 3.36. The van der Waals surface area contributed by atoms with E-state index in [0.29, 0.717) is 0 Å². The van der Waals surface area contributed by atoms with Gasteiger partial charge in [0, 0.05) is 23.2 Å². The summed E-state index contributed by atoms with van der Waals surface area (Å²) >= 11 is 5.05. The third kappa shape index (κ3) is 1.02. The summed E-state index contributed by atoms with van der Waals surface area (Å²) in [6.45, 7) is 0. The summed E-state index contributed by atoms with van der Waals surface area (Å²) in [6, 6.07) is 4.65. The molecular weight excluding hydrogens is 181 g/mol. The Morgan fingerprint density at radius 3 is 3.00 bits per heavy atom. The van der Waals surface area contributed by atoms with E-state index < -0.39 is 5.82 Å². The lowest BCUT2D eigenvalue weighted by atomic mass is 10.2. The van der Waals surface area contributed by atoms with Crippen LogP contribution in [0, 0.1) is 5.82 Å². The number of aromatic amines is 1. The van der Waals surface area contributed by atoms with Crippen molar-refractivity contribution >= 4 is 22.8 Å². The number of nitrogens with one attached hydrogen (secondary N) is 1. The molecule has 12 heavy (non-hydrogen) atoms. The minimum atomic E-state index is -0.461. The molecule has 1 heterocycles. The van der Waals surface area contributed by atoms with Gasteiger partial charge in [-0.05, 0) is 12.1 Å². The smallest absolute Gasteiger partial charge is 0.184 e. The zero-order valence-electron chi connectivity index (χ0n) is 5.97. The van der Waals surface area contributed by atoms with Crippen LogP contribution in [0.3, 0.4) is 0 Å². The number of hydrogen-bond donors (Lipinski definition) is 1. The molecule has 0 atom stereocenters. The molecule has 0 spiro atoms. The molecule has 0 amide bonds. The van der Waals surface area contributed by atoms with Crippen LogP contribution in [0.5, 0.6) is 5.75 Å². The number of benzene rings is 1. The molecule has 0 aliphatic carbocycles. The normalized spacial score (nSPS) is 10.5. The highest BCUT2D eigenvalue weighted by molar-refractivity contribution is 6.09. The third-order valence-corrected chi connectivity index (χ3v) is 1.86. The van der Waals surface area contributed by atoms with Crippen molar-refractivity contribution in [2.75, 3.05) is 0 Å². The number of halogens is 2. The van der Waals surface area contributed by atoms with Crippen LogP contribution in [-0.4, -0.2) is 4.98 Å². The van der Waals surface area contributed by atoms with Gasteiger partial charge in [0.05, 0.1) is 0 Å². The van der Waals surface area contributed by atoms with E-state index in [0.717, 1.165) is 10.9 Å². The molecule has 0 radical (unpaired) electrons. The highest BCUT2D eigenvalue weighted by Crippen LogP contribution is 2.24. The Hall–Kier alpha value is -1.22. The zero-order chi connectivity index (χ0) is 8.55. The van der Waals surface area contributed by atoms with Gasteiger partial charge in [-0.25, -0.2) is 4.39 Å². The summed E-state index contributed by atoms with van der Waals surface area (Å²) in [4.78, 5) is 2.92. The molecule has 0 aliphatic heterocycles. The lowest BCUT2D eigenvalue weighted by molar-refractivity contribution is 0.531. The Morgan fingerprint density at radius 1 is 1.42 bits per heavy atom. The van der Waals surface area contributed by atoms with Crippen molar-refractivity contribution in [3.05, 3.63) is 30.2 Å². The monoisotopic (exact) mass is 185 g/mol. The Labute approximate surface area is 73.1 Å². The van der Waals surface area contributed by atoms with Gasteiger partial charge < -0.3 is 9.27 Å². The summed E-state index contributed by atoms with van der Waals surface area (Å²) in [7, 11) is 0. The van der Waals surface area contributed by atoms with Gasteiger partial charge in [-0.15, -0.1) is 0 Å². The molecular formula is C8H5ClFNO. The fourth-order valence-corrected chi connectivity index (χ4v) is 1.23. The van der Waals surface area contributed by atoms with Gasteiger partial charge >= 0.3 is 0 Å². The lowest BCUT2D eigenvalue weighted by Gasteiger charge is -1.97. The minimum absolute atomic E-state index is 0.0339. The van der Waals surface area contributed by atoms with Crippen molar-refractivity contribution in [1.29, 1.82) is 0 Å². The predicted molar refractivity (Wildman–Crippen MR) is 44.7 cm³/mol. The molecule has 62 valence electrons. The van der Waals surface area contributed by atoms with Crippen LogP contribution in [0.1, 0.15) is 0 Å². The van der Waals surface area contributed by atoms with E-state index in [1.165, 1.54) is 12.1 Å². The molecule has 0 bridgehead atoms.